The molecule has 0 bridgehead atoms. The van der Waals surface area contributed by atoms with E-state index in [0.717, 1.165) is 28.5 Å². The predicted octanol–water partition coefficient (Wildman–Crippen LogP) is 4.25. The molecule has 0 spiro atoms. The Morgan fingerprint density at radius 1 is 1.11 bits per heavy atom. The van der Waals surface area contributed by atoms with E-state index in [1.54, 1.807) is 20.6 Å². The standard InChI is InChI=1S/C32H32FN5O5S/c33-11-13-36-18-22(23-6-1-2-7-26(23)36)16-24(35-32(42)43)30(40)34-25-15-21-5-3-8-27(37-12-4-9-28(37)39)29(21)38(31(25)41)17-20-10-14-44-19-20/h1-3,5-8,10,14,18-19,24-25,35H,4,9,11-13,15-17H2,(H,34,40)(H,42,43)/t24-,25?/m1/s1. The molecule has 0 saturated carbocycles. The minimum Gasteiger partial charge on any atom is -0.465 e. The van der Waals surface area contributed by atoms with E-state index < -0.39 is 30.8 Å². The minimum atomic E-state index is -1.38. The van der Waals surface area contributed by atoms with Crippen molar-refractivity contribution in [2.75, 3.05) is 23.0 Å². The number of nitrogens with one attached hydrogen (secondary N) is 2. The molecule has 4 aromatic rings. The van der Waals surface area contributed by atoms with Crippen LogP contribution in [0.2, 0.25) is 0 Å². The Kier molecular flexibility index (Phi) is 8.34. The van der Waals surface area contributed by atoms with Gasteiger partial charge >= 0.3 is 6.09 Å². The fraction of sp³-hybridized carbons (Fsp3) is 0.312. The van der Waals surface area contributed by atoms with E-state index in [-0.39, 0.29) is 37.7 Å². The van der Waals surface area contributed by atoms with Crippen LogP contribution < -0.4 is 20.4 Å². The summed E-state index contributed by atoms with van der Waals surface area (Å²) in [5.74, 6) is -0.977. The lowest BCUT2D eigenvalue weighted by Gasteiger charge is -2.37. The number of halogens is 1. The molecule has 0 radical (unpaired) electrons. The molecular weight excluding hydrogens is 585 g/mol. The van der Waals surface area contributed by atoms with Gasteiger partial charge in [0.05, 0.1) is 24.5 Å². The largest absolute Gasteiger partial charge is 0.465 e. The van der Waals surface area contributed by atoms with Gasteiger partial charge in [0, 0.05) is 42.9 Å². The smallest absolute Gasteiger partial charge is 0.405 e. The van der Waals surface area contributed by atoms with Crippen molar-refractivity contribution < 1.29 is 28.7 Å². The van der Waals surface area contributed by atoms with Gasteiger partial charge in [-0.3, -0.25) is 14.4 Å². The summed E-state index contributed by atoms with van der Waals surface area (Å²) >= 11 is 1.51. The number of aryl methyl sites for hydroxylation is 1. The zero-order chi connectivity index (χ0) is 30.8. The minimum absolute atomic E-state index is 0.00668. The average molecular weight is 618 g/mol. The van der Waals surface area contributed by atoms with Crippen molar-refractivity contribution >= 4 is 57.4 Å². The number of thiophene rings is 1. The number of alkyl halides is 1. The lowest BCUT2D eigenvalue weighted by Crippen LogP contribution is -2.57. The summed E-state index contributed by atoms with van der Waals surface area (Å²) in [6.45, 7) is 0.382. The number of carboxylic acid groups (broad SMARTS) is 1. The highest BCUT2D eigenvalue weighted by Crippen LogP contribution is 2.40. The highest BCUT2D eigenvalue weighted by Gasteiger charge is 2.39. The van der Waals surface area contributed by atoms with Crippen LogP contribution in [0.5, 0.6) is 0 Å². The molecule has 2 aromatic heterocycles. The molecule has 228 valence electrons. The second kappa shape index (κ2) is 12.5. The SMILES string of the molecule is O=C(O)N[C@H](Cc1cn(CCF)c2ccccc12)C(=O)NC1Cc2cccc(N3CCCC3=O)c2N(Cc2ccsc2)C1=O. The van der Waals surface area contributed by atoms with Gasteiger partial charge in [-0.25, -0.2) is 9.18 Å². The second-order valence-electron chi connectivity index (χ2n) is 11.0. The highest BCUT2D eigenvalue weighted by atomic mass is 32.1. The molecule has 12 heteroatoms. The molecule has 2 atom stereocenters. The molecule has 2 aliphatic rings. The summed E-state index contributed by atoms with van der Waals surface area (Å²) in [6.07, 6.45) is 1.74. The van der Waals surface area contributed by atoms with Gasteiger partial charge in [-0.05, 0) is 52.1 Å². The fourth-order valence-corrected chi connectivity index (χ4v) is 6.89. The Hall–Kier alpha value is -4.71. The predicted molar refractivity (Wildman–Crippen MR) is 166 cm³/mol. The summed E-state index contributed by atoms with van der Waals surface area (Å²) in [5.41, 5.74) is 4.52. The van der Waals surface area contributed by atoms with Gasteiger partial charge in [0.25, 0.3) is 0 Å². The molecular formula is C32H32FN5O5S. The Morgan fingerprint density at radius 2 is 1.95 bits per heavy atom. The molecule has 4 heterocycles. The topological polar surface area (TPSA) is 124 Å². The lowest BCUT2D eigenvalue weighted by molar-refractivity contribution is -0.129. The first-order valence-corrected chi connectivity index (χ1v) is 15.5. The van der Waals surface area contributed by atoms with Crippen LogP contribution in [0.1, 0.15) is 29.5 Å². The molecule has 1 saturated heterocycles. The maximum atomic E-state index is 14.1. The van der Waals surface area contributed by atoms with Crippen molar-refractivity contribution in [3.8, 4) is 0 Å². The van der Waals surface area contributed by atoms with Crippen molar-refractivity contribution in [2.45, 2.75) is 50.9 Å². The van der Waals surface area contributed by atoms with Crippen LogP contribution in [0.4, 0.5) is 20.6 Å². The highest BCUT2D eigenvalue weighted by molar-refractivity contribution is 7.07. The number of benzene rings is 2. The Morgan fingerprint density at radius 3 is 2.68 bits per heavy atom. The second-order valence-corrected chi connectivity index (χ2v) is 11.8. The van der Waals surface area contributed by atoms with E-state index in [4.69, 9.17) is 0 Å². The summed E-state index contributed by atoms with van der Waals surface area (Å²) in [6, 6.07) is 12.7. The van der Waals surface area contributed by atoms with Crippen LogP contribution in [-0.4, -0.2) is 58.8 Å². The van der Waals surface area contributed by atoms with Gasteiger partial charge in [-0.2, -0.15) is 11.3 Å². The normalized spacial score (nSPS) is 17.2. The third-order valence-corrected chi connectivity index (χ3v) is 8.92. The number of hydrogen-bond donors (Lipinski definition) is 3. The number of nitrogens with zero attached hydrogens (tertiary/aromatic N) is 3. The van der Waals surface area contributed by atoms with Crippen LogP contribution in [-0.2, 0) is 40.3 Å². The van der Waals surface area contributed by atoms with Crippen molar-refractivity contribution in [1.82, 2.24) is 15.2 Å². The van der Waals surface area contributed by atoms with E-state index >= 15 is 0 Å². The molecule has 2 aliphatic heterocycles. The first-order valence-electron chi connectivity index (χ1n) is 14.5. The van der Waals surface area contributed by atoms with E-state index in [9.17, 15) is 28.7 Å². The van der Waals surface area contributed by atoms with Crippen molar-refractivity contribution in [3.63, 3.8) is 0 Å². The summed E-state index contributed by atoms with van der Waals surface area (Å²) in [7, 11) is 0. The van der Waals surface area contributed by atoms with Gasteiger partial charge in [-0.1, -0.05) is 30.3 Å². The molecule has 1 fully saturated rings. The molecule has 44 heavy (non-hydrogen) atoms. The van der Waals surface area contributed by atoms with Crippen molar-refractivity contribution in [2.24, 2.45) is 0 Å². The monoisotopic (exact) mass is 617 g/mol. The molecule has 3 N–H and O–H groups in total. The summed E-state index contributed by atoms with van der Waals surface area (Å²) in [4.78, 5) is 55.6. The number of anilines is 2. The fourth-order valence-electron chi connectivity index (χ4n) is 6.23. The van der Waals surface area contributed by atoms with Crippen molar-refractivity contribution in [1.29, 1.82) is 0 Å². The molecule has 6 rings (SSSR count). The molecule has 4 amide bonds. The van der Waals surface area contributed by atoms with Crippen LogP contribution in [0.15, 0.2) is 65.5 Å². The molecule has 1 unspecified atom stereocenters. The zero-order valence-corrected chi connectivity index (χ0v) is 24.7. The Bertz CT molecular complexity index is 1720. The zero-order valence-electron chi connectivity index (χ0n) is 23.9. The third kappa shape index (κ3) is 5.77. The molecule has 10 nitrogen and oxygen atoms in total. The van der Waals surface area contributed by atoms with Gasteiger partial charge in [-0.15, -0.1) is 0 Å². The van der Waals surface area contributed by atoms with Crippen LogP contribution >= 0.6 is 11.3 Å². The number of rotatable bonds is 10. The number of fused-ring (bicyclic) bond motifs is 2. The van der Waals surface area contributed by atoms with Gasteiger partial charge in [0.15, 0.2) is 0 Å². The lowest BCUT2D eigenvalue weighted by atomic mass is 9.94. The van der Waals surface area contributed by atoms with Gasteiger partial charge < -0.3 is 30.1 Å². The van der Waals surface area contributed by atoms with Crippen LogP contribution in [0.25, 0.3) is 10.9 Å². The van der Waals surface area contributed by atoms with Crippen LogP contribution in [0.3, 0.4) is 0 Å². The van der Waals surface area contributed by atoms with Crippen LogP contribution in [0, 0.1) is 0 Å². The Balaban J connectivity index is 1.30. The molecule has 2 aromatic carbocycles. The van der Waals surface area contributed by atoms with E-state index in [1.807, 2.05) is 59.3 Å². The van der Waals surface area contributed by atoms with Crippen molar-refractivity contribution in [3.05, 3.63) is 82.2 Å². The third-order valence-electron chi connectivity index (χ3n) is 8.19. The first kappa shape index (κ1) is 29.4. The van der Waals surface area contributed by atoms with Gasteiger partial charge in [0.2, 0.25) is 17.7 Å². The summed E-state index contributed by atoms with van der Waals surface area (Å²) in [5, 5.41) is 19.4. The van der Waals surface area contributed by atoms with Gasteiger partial charge in [0.1, 0.15) is 18.8 Å². The Labute approximate surface area is 257 Å². The number of carbonyl (C=O) groups excluding carboxylic acids is 3. The maximum Gasteiger partial charge on any atom is 0.405 e. The number of aromatic nitrogens is 1. The average Bonchev–Trinajstić information content (AvgIpc) is 3.76. The van der Waals surface area contributed by atoms with E-state index in [2.05, 4.69) is 10.6 Å². The first-order chi connectivity index (χ1) is 21.3. The quantitative estimate of drug-likeness (QED) is 0.246. The number of amides is 4. The maximum absolute atomic E-state index is 14.1. The van der Waals surface area contributed by atoms with E-state index in [1.165, 1.54) is 11.3 Å². The molecule has 0 aliphatic carbocycles. The number of para-hydroxylation sites is 2. The number of carbonyl (C=O) groups is 4. The number of hydrogen-bond acceptors (Lipinski definition) is 5. The van der Waals surface area contributed by atoms with E-state index in [0.29, 0.717) is 29.9 Å². The summed E-state index contributed by atoms with van der Waals surface area (Å²) < 4.78 is 15.0.